The molecule has 1 atom stereocenters. The highest BCUT2D eigenvalue weighted by Gasteiger charge is 2.34. The maximum absolute atomic E-state index is 14.2. The monoisotopic (exact) mass is 609 g/mol. The number of sulfonamides is 1. The number of nitrogens with one attached hydrogen (secondary N) is 1. The number of benzene rings is 3. The standard InChI is InChI=1S/C32H39N3O7S/c1-5-28(32(37)33-20-23(2)3)34(21-24-11-14-26(40-4)15-12-24)31(36)22-35(43(38,39)27-9-7-6-8-10-27)25-13-16-29-30(19-25)42-18-17-41-29/h6-16,19,23,28H,5,17-18,20-22H2,1-4H3,(H,33,37)/t28-/m1/s1. The zero-order valence-corrected chi connectivity index (χ0v) is 25.8. The van der Waals surface area contributed by atoms with Crippen molar-refractivity contribution >= 4 is 27.5 Å². The van der Waals surface area contributed by atoms with Gasteiger partial charge in [-0.2, -0.15) is 0 Å². The van der Waals surface area contributed by atoms with E-state index in [-0.39, 0.29) is 29.0 Å². The van der Waals surface area contributed by atoms with Gasteiger partial charge in [-0.15, -0.1) is 0 Å². The Kier molecular flexibility index (Phi) is 10.5. The van der Waals surface area contributed by atoms with Crippen LogP contribution in [0.2, 0.25) is 0 Å². The second kappa shape index (κ2) is 14.3. The number of hydrogen-bond acceptors (Lipinski definition) is 7. The van der Waals surface area contributed by atoms with Gasteiger partial charge in [-0.05, 0) is 54.3 Å². The van der Waals surface area contributed by atoms with Crippen LogP contribution in [0.4, 0.5) is 5.69 Å². The van der Waals surface area contributed by atoms with Gasteiger partial charge >= 0.3 is 0 Å². The molecule has 11 heteroatoms. The van der Waals surface area contributed by atoms with E-state index in [1.54, 1.807) is 55.6 Å². The van der Waals surface area contributed by atoms with E-state index in [0.717, 1.165) is 9.87 Å². The molecule has 0 saturated carbocycles. The molecule has 4 rings (SSSR count). The van der Waals surface area contributed by atoms with Crippen molar-refractivity contribution in [3.05, 3.63) is 78.4 Å². The fourth-order valence-corrected chi connectivity index (χ4v) is 6.13. The molecule has 1 N–H and O–H groups in total. The second-order valence-electron chi connectivity index (χ2n) is 10.6. The molecule has 0 aromatic heterocycles. The number of amides is 2. The zero-order valence-electron chi connectivity index (χ0n) is 25.0. The van der Waals surface area contributed by atoms with E-state index in [1.807, 2.05) is 32.9 Å². The predicted octanol–water partition coefficient (Wildman–Crippen LogP) is 4.24. The molecule has 2 amide bonds. The van der Waals surface area contributed by atoms with Crippen molar-refractivity contribution in [2.45, 2.75) is 44.7 Å². The SMILES string of the molecule is CC[C@H](C(=O)NCC(C)C)N(Cc1ccc(OC)cc1)C(=O)CN(c1ccc2c(c1)OCCO2)S(=O)(=O)c1ccccc1. The van der Waals surface area contributed by atoms with E-state index in [0.29, 0.717) is 43.4 Å². The Morgan fingerprint density at radius 1 is 0.953 bits per heavy atom. The number of ether oxygens (including phenoxy) is 3. The summed E-state index contributed by atoms with van der Waals surface area (Å²) < 4.78 is 45.7. The fourth-order valence-electron chi connectivity index (χ4n) is 4.71. The van der Waals surface area contributed by atoms with Gasteiger partial charge in [0.15, 0.2) is 11.5 Å². The lowest BCUT2D eigenvalue weighted by Gasteiger charge is -2.33. The lowest BCUT2D eigenvalue weighted by Crippen LogP contribution is -2.52. The van der Waals surface area contributed by atoms with Crippen molar-refractivity contribution in [1.29, 1.82) is 0 Å². The summed E-state index contributed by atoms with van der Waals surface area (Å²) >= 11 is 0. The number of fused-ring (bicyclic) bond motifs is 1. The summed E-state index contributed by atoms with van der Waals surface area (Å²) in [6, 6.07) is 19.1. The third kappa shape index (κ3) is 7.78. The normalized spacial score (nSPS) is 13.2. The van der Waals surface area contributed by atoms with Crippen molar-refractivity contribution in [3.63, 3.8) is 0 Å². The lowest BCUT2D eigenvalue weighted by molar-refractivity contribution is -0.140. The molecular formula is C32H39N3O7S. The molecule has 1 aliphatic heterocycles. The van der Waals surface area contributed by atoms with Crippen LogP contribution in [0, 0.1) is 5.92 Å². The lowest BCUT2D eigenvalue weighted by atomic mass is 10.1. The molecule has 0 spiro atoms. The van der Waals surface area contributed by atoms with Crippen molar-refractivity contribution in [2.75, 3.05) is 37.7 Å². The van der Waals surface area contributed by atoms with Crippen molar-refractivity contribution in [2.24, 2.45) is 5.92 Å². The minimum atomic E-state index is -4.19. The first-order valence-electron chi connectivity index (χ1n) is 14.3. The number of hydrogen-bond donors (Lipinski definition) is 1. The first kappa shape index (κ1) is 31.7. The predicted molar refractivity (Wildman–Crippen MR) is 164 cm³/mol. The van der Waals surface area contributed by atoms with Gasteiger partial charge in [0.2, 0.25) is 11.8 Å². The van der Waals surface area contributed by atoms with Crippen molar-refractivity contribution in [3.8, 4) is 17.2 Å². The van der Waals surface area contributed by atoms with Crippen LogP contribution in [0.5, 0.6) is 17.2 Å². The number of carbonyl (C=O) groups excluding carboxylic acids is 2. The molecular weight excluding hydrogens is 570 g/mol. The van der Waals surface area contributed by atoms with Gasteiger partial charge in [-0.1, -0.05) is 51.1 Å². The number of rotatable bonds is 13. The van der Waals surface area contributed by atoms with Gasteiger partial charge in [0.1, 0.15) is 31.5 Å². The first-order valence-corrected chi connectivity index (χ1v) is 15.8. The van der Waals surface area contributed by atoms with Crippen molar-refractivity contribution in [1.82, 2.24) is 10.2 Å². The van der Waals surface area contributed by atoms with Gasteiger partial charge in [0, 0.05) is 19.2 Å². The molecule has 0 unspecified atom stereocenters. The smallest absolute Gasteiger partial charge is 0.264 e. The topological polar surface area (TPSA) is 114 Å². The average Bonchev–Trinajstić information content (AvgIpc) is 3.02. The third-order valence-electron chi connectivity index (χ3n) is 7.01. The molecule has 0 aliphatic carbocycles. The van der Waals surface area contributed by atoms with E-state index in [9.17, 15) is 18.0 Å². The molecule has 0 bridgehead atoms. The van der Waals surface area contributed by atoms with Crippen LogP contribution >= 0.6 is 0 Å². The molecule has 3 aromatic rings. The summed E-state index contributed by atoms with van der Waals surface area (Å²) in [5, 5.41) is 2.93. The molecule has 0 radical (unpaired) electrons. The molecule has 1 heterocycles. The molecule has 0 fully saturated rings. The Morgan fingerprint density at radius 2 is 1.63 bits per heavy atom. The van der Waals surface area contributed by atoms with Gasteiger partial charge < -0.3 is 24.4 Å². The van der Waals surface area contributed by atoms with Crippen molar-refractivity contribution < 1.29 is 32.2 Å². The number of methoxy groups -OCH3 is 1. The quantitative estimate of drug-likeness (QED) is 0.308. The minimum absolute atomic E-state index is 0.0288. The fraction of sp³-hybridized carbons (Fsp3) is 0.375. The summed E-state index contributed by atoms with van der Waals surface area (Å²) in [6.45, 7) is 6.51. The average molecular weight is 610 g/mol. The van der Waals surface area contributed by atoms with E-state index in [2.05, 4.69) is 5.32 Å². The Morgan fingerprint density at radius 3 is 2.26 bits per heavy atom. The Bertz CT molecular complexity index is 1500. The largest absolute Gasteiger partial charge is 0.497 e. The highest BCUT2D eigenvalue weighted by Crippen LogP contribution is 2.36. The number of anilines is 1. The van der Waals surface area contributed by atoms with E-state index < -0.39 is 28.5 Å². The van der Waals surface area contributed by atoms with Gasteiger partial charge in [-0.3, -0.25) is 13.9 Å². The van der Waals surface area contributed by atoms with Crippen LogP contribution in [0.1, 0.15) is 32.8 Å². The van der Waals surface area contributed by atoms with Crippen LogP contribution in [0.3, 0.4) is 0 Å². The van der Waals surface area contributed by atoms with Crippen LogP contribution < -0.4 is 23.8 Å². The summed E-state index contributed by atoms with van der Waals surface area (Å²) in [5.74, 6) is 0.925. The summed E-state index contributed by atoms with van der Waals surface area (Å²) in [7, 11) is -2.63. The zero-order chi connectivity index (χ0) is 31.0. The highest BCUT2D eigenvalue weighted by atomic mass is 32.2. The Labute approximate surface area is 253 Å². The van der Waals surface area contributed by atoms with Crippen LogP contribution in [-0.4, -0.2) is 64.6 Å². The summed E-state index contributed by atoms with van der Waals surface area (Å²) in [6.07, 6.45) is 0.335. The van der Waals surface area contributed by atoms with E-state index in [4.69, 9.17) is 14.2 Å². The van der Waals surface area contributed by atoms with E-state index in [1.165, 1.54) is 17.0 Å². The molecule has 3 aromatic carbocycles. The van der Waals surface area contributed by atoms with Crippen LogP contribution in [-0.2, 0) is 26.2 Å². The minimum Gasteiger partial charge on any atom is -0.497 e. The van der Waals surface area contributed by atoms with Crippen LogP contribution in [0.25, 0.3) is 0 Å². The van der Waals surface area contributed by atoms with Gasteiger partial charge in [-0.25, -0.2) is 8.42 Å². The maximum atomic E-state index is 14.2. The number of nitrogens with zero attached hydrogens (tertiary/aromatic N) is 2. The molecule has 10 nitrogen and oxygen atoms in total. The molecule has 0 saturated heterocycles. The highest BCUT2D eigenvalue weighted by molar-refractivity contribution is 7.92. The maximum Gasteiger partial charge on any atom is 0.264 e. The first-order chi connectivity index (χ1) is 20.6. The third-order valence-corrected chi connectivity index (χ3v) is 8.79. The van der Waals surface area contributed by atoms with Crippen LogP contribution in [0.15, 0.2) is 77.7 Å². The van der Waals surface area contributed by atoms with Gasteiger partial charge in [0.25, 0.3) is 10.0 Å². The molecule has 43 heavy (non-hydrogen) atoms. The second-order valence-corrected chi connectivity index (χ2v) is 12.4. The summed E-state index contributed by atoms with van der Waals surface area (Å²) in [5.41, 5.74) is 1.00. The van der Waals surface area contributed by atoms with Gasteiger partial charge in [0.05, 0.1) is 17.7 Å². The molecule has 230 valence electrons. The van der Waals surface area contributed by atoms with E-state index >= 15 is 0 Å². The number of carbonyl (C=O) groups is 2. The Balaban J connectivity index is 1.73. The molecule has 1 aliphatic rings. The summed E-state index contributed by atoms with van der Waals surface area (Å²) in [4.78, 5) is 29.1. The Hall–Kier alpha value is -4.25.